The maximum Gasteiger partial charge on any atom is 0.319 e. The zero-order valence-electron chi connectivity index (χ0n) is 15.8. The van der Waals surface area contributed by atoms with E-state index in [0.29, 0.717) is 13.1 Å². The fourth-order valence-electron chi connectivity index (χ4n) is 1.85. The average molecular weight is 427 g/mol. The van der Waals surface area contributed by atoms with Crippen molar-refractivity contribution >= 4 is 44.0 Å². The summed E-state index contributed by atoms with van der Waals surface area (Å²) in [5.74, 6) is -2.82. The van der Waals surface area contributed by atoms with Crippen molar-refractivity contribution in [1.82, 2.24) is 9.80 Å². The Kier molecular flexibility index (Phi) is 11.7. The lowest BCUT2D eigenvalue weighted by Crippen LogP contribution is -2.40. The highest BCUT2D eigenvalue weighted by Gasteiger charge is 2.29. The number of likely N-dealkylation sites (N-methyl/N-ethyl adjacent to an activating group) is 1. The second-order valence-electron chi connectivity index (χ2n) is 5.27. The Morgan fingerprint density at radius 3 is 1.93 bits per heavy atom. The SMILES string of the molecule is CCN(CC)C(=O)S(=O)CC(=O)OCCN(CC)C(=O)S(=O)C(C)C(=O)O. The molecule has 10 nitrogen and oxygen atoms in total. The topological polar surface area (TPSA) is 138 Å². The number of esters is 1. The highest BCUT2D eigenvalue weighted by Crippen LogP contribution is 2.05. The molecule has 0 fully saturated rings. The molecule has 0 aliphatic carbocycles. The van der Waals surface area contributed by atoms with Crippen LogP contribution in [0.3, 0.4) is 0 Å². The van der Waals surface area contributed by atoms with Crippen molar-refractivity contribution < 1.29 is 37.4 Å². The number of carbonyl (C=O) groups excluding carboxylic acids is 3. The van der Waals surface area contributed by atoms with E-state index in [1.165, 1.54) is 4.90 Å². The van der Waals surface area contributed by atoms with E-state index in [9.17, 15) is 27.6 Å². The minimum atomic E-state index is -2.26. The molecule has 2 amide bonds. The minimum Gasteiger partial charge on any atom is -0.480 e. The van der Waals surface area contributed by atoms with Gasteiger partial charge in [-0.15, -0.1) is 0 Å². The summed E-state index contributed by atoms with van der Waals surface area (Å²) in [5, 5.41) is 5.93. The number of hydrogen-bond donors (Lipinski definition) is 1. The quantitative estimate of drug-likeness (QED) is 0.496. The van der Waals surface area contributed by atoms with Crippen LogP contribution in [0.25, 0.3) is 0 Å². The van der Waals surface area contributed by atoms with Gasteiger partial charge in [0.2, 0.25) is 0 Å². The summed E-state index contributed by atoms with van der Waals surface area (Å²) < 4.78 is 28.6. The number of hydrogen-bond acceptors (Lipinski definition) is 7. The summed E-state index contributed by atoms with van der Waals surface area (Å²) >= 11 is 0. The van der Waals surface area contributed by atoms with Gasteiger partial charge in [-0.3, -0.25) is 19.2 Å². The van der Waals surface area contributed by atoms with Gasteiger partial charge in [-0.05, 0) is 27.7 Å². The molecule has 0 aliphatic rings. The number of carboxylic acids is 1. The molecular formula is C15H26N2O8S2. The molecule has 0 saturated carbocycles. The molecule has 0 aromatic heterocycles. The average Bonchev–Trinajstić information content (AvgIpc) is 2.64. The zero-order valence-corrected chi connectivity index (χ0v) is 17.5. The fourth-order valence-corrected chi connectivity index (χ4v) is 3.78. The zero-order chi connectivity index (χ0) is 21.1. The third-order valence-electron chi connectivity index (χ3n) is 3.57. The van der Waals surface area contributed by atoms with Gasteiger partial charge in [0.15, 0.2) is 0 Å². The van der Waals surface area contributed by atoms with Crippen LogP contribution in [-0.4, -0.2) is 89.5 Å². The Bertz CT molecular complexity index is 607. The molecule has 12 heteroatoms. The number of nitrogens with zero attached hydrogens (tertiary/aromatic N) is 2. The van der Waals surface area contributed by atoms with Gasteiger partial charge in [-0.1, -0.05) is 0 Å². The Morgan fingerprint density at radius 1 is 0.963 bits per heavy atom. The maximum absolute atomic E-state index is 12.0. The van der Waals surface area contributed by atoms with Gasteiger partial charge in [0.05, 0.1) is 6.54 Å². The molecule has 0 saturated heterocycles. The van der Waals surface area contributed by atoms with Gasteiger partial charge in [0.25, 0.3) is 0 Å². The Balaban J connectivity index is 4.54. The molecule has 0 aliphatic heterocycles. The van der Waals surface area contributed by atoms with Gasteiger partial charge < -0.3 is 19.6 Å². The molecule has 0 bridgehead atoms. The van der Waals surface area contributed by atoms with E-state index in [2.05, 4.69) is 0 Å². The predicted molar refractivity (Wildman–Crippen MR) is 100 cm³/mol. The first-order valence-corrected chi connectivity index (χ1v) is 10.9. The molecule has 0 radical (unpaired) electrons. The van der Waals surface area contributed by atoms with E-state index in [-0.39, 0.29) is 19.7 Å². The molecule has 27 heavy (non-hydrogen) atoms. The third-order valence-corrected chi connectivity index (χ3v) is 6.16. The Morgan fingerprint density at radius 2 is 1.48 bits per heavy atom. The molecule has 0 aromatic carbocycles. The molecule has 3 atom stereocenters. The van der Waals surface area contributed by atoms with Crippen LogP contribution in [0.1, 0.15) is 27.7 Å². The minimum absolute atomic E-state index is 0.101. The molecule has 0 spiro atoms. The lowest BCUT2D eigenvalue weighted by Gasteiger charge is -2.21. The molecule has 1 N–H and O–H groups in total. The number of ether oxygens (including phenoxy) is 1. The first kappa shape index (κ1) is 25.2. The van der Waals surface area contributed by atoms with Crippen LogP contribution in [0.5, 0.6) is 0 Å². The van der Waals surface area contributed by atoms with E-state index >= 15 is 0 Å². The van der Waals surface area contributed by atoms with Crippen LogP contribution in [0, 0.1) is 0 Å². The van der Waals surface area contributed by atoms with Crippen LogP contribution >= 0.6 is 0 Å². The predicted octanol–water partition coefficient (Wildman–Crippen LogP) is 0.404. The van der Waals surface area contributed by atoms with E-state index in [0.717, 1.165) is 11.8 Å². The van der Waals surface area contributed by atoms with Crippen molar-refractivity contribution in [3.8, 4) is 0 Å². The second-order valence-corrected chi connectivity index (χ2v) is 8.25. The van der Waals surface area contributed by atoms with Crippen LogP contribution in [0.15, 0.2) is 0 Å². The smallest absolute Gasteiger partial charge is 0.319 e. The molecule has 3 unspecified atom stereocenters. The first-order chi connectivity index (χ1) is 12.6. The van der Waals surface area contributed by atoms with Crippen LogP contribution in [-0.2, 0) is 35.9 Å². The second kappa shape index (κ2) is 12.5. The van der Waals surface area contributed by atoms with Crippen molar-refractivity contribution in [3.05, 3.63) is 0 Å². The van der Waals surface area contributed by atoms with Crippen molar-refractivity contribution in [2.75, 3.05) is 38.5 Å². The summed E-state index contributed by atoms with van der Waals surface area (Å²) in [6.45, 7) is 6.73. The summed E-state index contributed by atoms with van der Waals surface area (Å²) in [6, 6.07) is 0. The van der Waals surface area contributed by atoms with Crippen LogP contribution < -0.4 is 0 Å². The number of carbonyl (C=O) groups is 4. The number of amides is 2. The van der Waals surface area contributed by atoms with Gasteiger partial charge in [-0.2, -0.15) is 0 Å². The van der Waals surface area contributed by atoms with Crippen molar-refractivity contribution in [3.63, 3.8) is 0 Å². The Hall–Kier alpha value is -1.82. The Labute approximate surface area is 163 Å². The van der Waals surface area contributed by atoms with E-state index in [1.807, 2.05) is 0 Å². The molecule has 156 valence electrons. The van der Waals surface area contributed by atoms with Gasteiger partial charge >= 0.3 is 22.4 Å². The van der Waals surface area contributed by atoms with E-state index in [1.54, 1.807) is 20.8 Å². The summed E-state index contributed by atoms with van der Waals surface area (Å²) in [6.07, 6.45) is 0. The van der Waals surface area contributed by atoms with E-state index in [4.69, 9.17) is 9.84 Å². The van der Waals surface area contributed by atoms with Crippen LogP contribution in [0.2, 0.25) is 0 Å². The van der Waals surface area contributed by atoms with Crippen LogP contribution in [0.4, 0.5) is 9.59 Å². The van der Waals surface area contributed by atoms with Crippen molar-refractivity contribution in [1.29, 1.82) is 0 Å². The third kappa shape index (κ3) is 8.16. The lowest BCUT2D eigenvalue weighted by molar-refractivity contribution is -0.140. The highest BCUT2D eigenvalue weighted by molar-refractivity contribution is 8.01. The largest absolute Gasteiger partial charge is 0.480 e. The molecular weight excluding hydrogens is 400 g/mol. The molecule has 0 aromatic rings. The number of rotatable bonds is 10. The standard InChI is InChI=1S/C15H26N2O8S2/c1-5-16(6-2)14(21)26(23)10-12(18)25-9-8-17(7-3)15(22)27(24)11(4)13(19)20/h11H,5-10H2,1-4H3,(H,19,20). The summed E-state index contributed by atoms with van der Waals surface area (Å²) in [7, 11) is -4.31. The highest BCUT2D eigenvalue weighted by atomic mass is 32.2. The number of aliphatic carboxylic acids is 1. The summed E-state index contributed by atoms with van der Waals surface area (Å²) in [5.41, 5.74) is 0. The maximum atomic E-state index is 12.0. The first-order valence-electron chi connectivity index (χ1n) is 8.35. The van der Waals surface area contributed by atoms with Gasteiger partial charge in [0, 0.05) is 19.6 Å². The van der Waals surface area contributed by atoms with Gasteiger partial charge in [-0.25, -0.2) is 8.42 Å². The molecule has 0 rings (SSSR count). The van der Waals surface area contributed by atoms with Crippen molar-refractivity contribution in [2.45, 2.75) is 32.9 Å². The monoisotopic (exact) mass is 426 g/mol. The lowest BCUT2D eigenvalue weighted by atomic mass is 10.5. The van der Waals surface area contributed by atoms with Gasteiger partial charge in [0.1, 0.15) is 39.2 Å². The van der Waals surface area contributed by atoms with Crippen molar-refractivity contribution in [2.24, 2.45) is 0 Å². The number of carboxylic acid groups (broad SMARTS) is 1. The molecule has 0 heterocycles. The fraction of sp³-hybridized carbons (Fsp3) is 0.733. The van der Waals surface area contributed by atoms with E-state index < -0.39 is 55.0 Å². The summed E-state index contributed by atoms with van der Waals surface area (Å²) in [4.78, 5) is 48.8. The normalized spacial score (nSPS) is 13.9.